The molecule has 0 heterocycles. The molecule has 84 valence electrons. The third-order valence-electron chi connectivity index (χ3n) is 3.27. The summed E-state index contributed by atoms with van der Waals surface area (Å²) in [5.41, 5.74) is 8.76. The first-order chi connectivity index (χ1) is 7.81. The van der Waals surface area contributed by atoms with Crippen molar-refractivity contribution in [3.05, 3.63) is 35.4 Å². The lowest BCUT2D eigenvalue weighted by atomic mass is 10.1. The second-order valence-corrected chi connectivity index (χ2v) is 4.76. The number of nitrogens with two attached hydrogens (primary N) is 1. The number of nitrogens with zero attached hydrogens (tertiary/aromatic N) is 1. The number of guanidine groups is 1. The lowest BCUT2D eigenvalue weighted by Gasteiger charge is -2.12. The smallest absolute Gasteiger partial charge is 0.189 e. The van der Waals surface area contributed by atoms with Crippen LogP contribution >= 0.6 is 0 Å². The van der Waals surface area contributed by atoms with E-state index in [1.165, 1.54) is 24.0 Å². The van der Waals surface area contributed by atoms with Crippen molar-refractivity contribution < 1.29 is 0 Å². The van der Waals surface area contributed by atoms with Crippen LogP contribution in [0.15, 0.2) is 29.3 Å². The van der Waals surface area contributed by atoms with Crippen LogP contribution in [0.5, 0.6) is 0 Å². The average molecular weight is 215 g/mol. The van der Waals surface area contributed by atoms with Crippen LogP contribution in [0.3, 0.4) is 0 Å². The second-order valence-electron chi connectivity index (χ2n) is 4.76. The Labute approximate surface area is 95.8 Å². The Morgan fingerprint density at radius 2 is 1.81 bits per heavy atom. The van der Waals surface area contributed by atoms with Gasteiger partial charge in [0.05, 0.1) is 6.04 Å². The van der Waals surface area contributed by atoms with Gasteiger partial charge < -0.3 is 11.1 Å². The van der Waals surface area contributed by atoms with Crippen molar-refractivity contribution in [1.29, 1.82) is 0 Å². The summed E-state index contributed by atoms with van der Waals surface area (Å²) >= 11 is 0. The summed E-state index contributed by atoms with van der Waals surface area (Å²) in [7, 11) is 0. The molecule has 0 saturated heterocycles. The largest absolute Gasteiger partial charge is 0.370 e. The summed E-state index contributed by atoms with van der Waals surface area (Å²) in [5, 5.41) is 3.32. The molecule has 0 atom stereocenters. The van der Waals surface area contributed by atoms with Crippen LogP contribution in [0.4, 0.5) is 0 Å². The Morgan fingerprint density at radius 3 is 2.38 bits per heavy atom. The van der Waals surface area contributed by atoms with Crippen LogP contribution in [-0.4, -0.2) is 18.0 Å². The van der Waals surface area contributed by atoms with Crippen molar-refractivity contribution in [3.8, 4) is 0 Å². The molecule has 16 heavy (non-hydrogen) atoms. The zero-order valence-corrected chi connectivity index (χ0v) is 9.32. The molecule has 0 bridgehead atoms. The van der Waals surface area contributed by atoms with Gasteiger partial charge in [-0.15, -0.1) is 0 Å². The number of fused-ring (bicyclic) bond motifs is 1. The molecule has 0 unspecified atom stereocenters. The van der Waals surface area contributed by atoms with Crippen LogP contribution in [0.1, 0.15) is 24.0 Å². The Kier molecular flexibility index (Phi) is 2.31. The number of rotatable bonds is 2. The molecule has 3 heteroatoms. The number of hydrogen-bond acceptors (Lipinski definition) is 1. The van der Waals surface area contributed by atoms with E-state index in [4.69, 9.17) is 5.73 Å². The van der Waals surface area contributed by atoms with Gasteiger partial charge in [-0.05, 0) is 36.8 Å². The van der Waals surface area contributed by atoms with Gasteiger partial charge in [-0.2, -0.15) is 0 Å². The second kappa shape index (κ2) is 3.81. The van der Waals surface area contributed by atoms with Gasteiger partial charge in [0.2, 0.25) is 0 Å². The van der Waals surface area contributed by atoms with Gasteiger partial charge in [0, 0.05) is 6.04 Å². The van der Waals surface area contributed by atoms with E-state index in [0.29, 0.717) is 18.0 Å². The molecule has 3 rings (SSSR count). The fraction of sp³-hybridized carbons (Fsp3) is 0.462. The summed E-state index contributed by atoms with van der Waals surface area (Å²) < 4.78 is 0. The summed E-state index contributed by atoms with van der Waals surface area (Å²) in [5.74, 6) is 0.625. The summed E-state index contributed by atoms with van der Waals surface area (Å²) in [4.78, 5) is 4.40. The lowest BCUT2D eigenvalue weighted by Crippen LogP contribution is -2.40. The molecule has 0 amide bonds. The molecule has 0 aliphatic heterocycles. The summed E-state index contributed by atoms with van der Waals surface area (Å²) in [6.45, 7) is 0. The van der Waals surface area contributed by atoms with Gasteiger partial charge in [0.1, 0.15) is 0 Å². The Morgan fingerprint density at radius 1 is 1.19 bits per heavy atom. The molecule has 3 N–H and O–H groups in total. The minimum atomic E-state index is 0.430. The average Bonchev–Trinajstić information content (AvgIpc) is 2.97. The van der Waals surface area contributed by atoms with Crippen LogP contribution in [-0.2, 0) is 12.8 Å². The monoisotopic (exact) mass is 215 g/mol. The number of hydrogen-bond donors (Lipinski definition) is 2. The Balaban J connectivity index is 1.63. The molecule has 0 aromatic heterocycles. The number of nitrogens with one attached hydrogen (secondary N) is 1. The van der Waals surface area contributed by atoms with Crippen molar-refractivity contribution in [2.75, 3.05) is 0 Å². The summed E-state index contributed by atoms with van der Waals surface area (Å²) in [6.07, 6.45) is 4.54. The predicted octanol–water partition coefficient (Wildman–Crippen LogP) is 1.22. The van der Waals surface area contributed by atoms with Crippen LogP contribution in [0, 0.1) is 0 Å². The molecule has 0 spiro atoms. The first-order valence-electron chi connectivity index (χ1n) is 5.98. The highest BCUT2D eigenvalue weighted by Crippen LogP contribution is 2.24. The maximum atomic E-state index is 5.87. The van der Waals surface area contributed by atoms with Gasteiger partial charge in [-0.1, -0.05) is 24.3 Å². The quantitative estimate of drug-likeness (QED) is 0.575. The van der Waals surface area contributed by atoms with Crippen LogP contribution < -0.4 is 11.1 Å². The highest BCUT2D eigenvalue weighted by Gasteiger charge is 2.23. The molecule has 1 saturated carbocycles. The highest BCUT2D eigenvalue weighted by molar-refractivity contribution is 5.78. The minimum absolute atomic E-state index is 0.430. The van der Waals surface area contributed by atoms with E-state index in [2.05, 4.69) is 34.6 Å². The molecule has 1 aromatic carbocycles. The standard InChI is InChI=1S/C13H17N3/c14-13(15-11-5-6-11)16-12-7-9-3-1-2-4-10(9)8-12/h1-4,11-12H,5-8H2,(H3,14,15,16). The van der Waals surface area contributed by atoms with Gasteiger partial charge in [0.15, 0.2) is 5.96 Å². The zero-order valence-electron chi connectivity index (χ0n) is 9.32. The Bertz CT molecular complexity index is 396. The first-order valence-corrected chi connectivity index (χ1v) is 5.98. The third kappa shape index (κ3) is 2.03. The van der Waals surface area contributed by atoms with Crippen molar-refractivity contribution in [2.45, 2.75) is 37.8 Å². The fourth-order valence-electron chi connectivity index (χ4n) is 2.31. The minimum Gasteiger partial charge on any atom is -0.370 e. The Hall–Kier alpha value is -1.51. The van der Waals surface area contributed by atoms with E-state index in [1.807, 2.05) is 0 Å². The van der Waals surface area contributed by atoms with Gasteiger partial charge in [-0.25, -0.2) is 0 Å². The van der Waals surface area contributed by atoms with E-state index in [9.17, 15) is 0 Å². The molecular weight excluding hydrogens is 198 g/mol. The first kappa shape index (κ1) is 9.70. The molecule has 2 aliphatic rings. The topological polar surface area (TPSA) is 50.4 Å². The SMILES string of the molecule is NC(=NC1CC1)NC1Cc2ccccc2C1. The van der Waals surface area contributed by atoms with Gasteiger partial charge in [0.25, 0.3) is 0 Å². The lowest BCUT2D eigenvalue weighted by molar-refractivity contribution is 0.638. The summed E-state index contributed by atoms with van der Waals surface area (Å²) in [6, 6.07) is 9.53. The van der Waals surface area contributed by atoms with E-state index in [-0.39, 0.29) is 0 Å². The number of aliphatic imine (C=N–C) groups is 1. The molecule has 1 fully saturated rings. The molecule has 1 aromatic rings. The van der Waals surface area contributed by atoms with Crippen molar-refractivity contribution in [1.82, 2.24) is 5.32 Å². The fourth-order valence-corrected chi connectivity index (χ4v) is 2.31. The van der Waals surface area contributed by atoms with E-state index >= 15 is 0 Å². The predicted molar refractivity (Wildman–Crippen MR) is 65.4 cm³/mol. The van der Waals surface area contributed by atoms with Crippen LogP contribution in [0.2, 0.25) is 0 Å². The van der Waals surface area contributed by atoms with Crippen LogP contribution in [0.25, 0.3) is 0 Å². The van der Waals surface area contributed by atoms with E-state index in [1.54, 1.807) is 0 Å². The maximum absolute atomic E-state index is 5.87. The molecule has 0 radical (unpaired) electrons. The molecule has 2 aliphatic carbocycles. The van der Waals surface area contributed by atoms with Crippen molar-refractivity contribution >= 4 is 5.96 Å². The van der Waals surface area contributed by atoms with E-state index in [0.717, 1.165) is 12.8 Å². The van der Waals surface area contributed by atoms with Gasteiger partial charge in [-0.3, -0.25) is 4.99 Å². The van der Waals surface area contributed by atoms with Gasteiger partial charge >= 0.3 is 0 Å². The van der Waals surface area contributed by atoms with Crippen molar-refractivity contribution in [3.63, 3.8) is 0 Å². The highest BCUT2D eigenvalue weighted by atomic mass is 15.1. The third-order valence-corrected chi connectivity index (χ3v) is 3.27. The molecular formula is C13H17N3. The normalized spacial score (nSPS) is 20.9. The maximum Gasteiger partial charge on any atom is 0.189 e. The number of benzene rings is 1. The van der Waals surface area contributed by atoms with E-state index < -0.39 is 0 Å². The zero-order chi connectivity index (χ0) is 11.0. The van der Waals surface area contributed by atoms with Crippen molar-refractivity contribution in [2.24, 2.45) is 10.7 Å². The molecule has 3 nitrogen and oxygen atoms in total.